The smallest absolute Gasteiger partial charge is 0.115 e. The first kappa shape index (κ1) is 26.1. The van der Waals surface area contributed by atoms with Gasteiger partial charge in [-0.1, -0.05) is 108 Å². The van der Waals surface area contributed by atoms with Crippen molar-refractivity contribution in [3.8, 4) is 11.5 Å². The maximum absolute atomic E-state index is 9.84. The summed E-state index contributed by atoms with van der Waals surface area (Å²) in [6, 6.07) is 15.7. The molecule has 2 saturated carbocycles. The monoisotopic (exact) mass is 476 g/mol. The Bertz CT molecular complexity index is 805. The summed E-state index contributed by atoms with van der Waals surface area (Å²) in [5.74, 6) is 3.48. The van der Waals surface area contributed by atoms with Crippen molar-refractivity contribution in [3.05, 3.63) is 59.7 Å². The molecule has 0 spiro atoms. The van der Waals surface area contributed by atoms with Gasteiger partial charge < -0.3 is 10.2 Å². The highest BCUT2D eigenvalue weighted by Gasteiger charge is 2.38. The number of phenolic OH excluding ortho intramolecular Hbond substituents is 2. The molecule has 0 aromatic heterocycles. The number of unbranched alkanes of at least 4 members (excludes halogenated alkanes) is 4. The molecular formula is C33H48O2. The van der Waals surface area contributed by atoms with Crippen molar-refractivity contribution >= 4 is 0 Å². The van der Waals surface area contributed by atoms with Crippen molar-refractivity contribution in [2.75, 3.05) is 0 Å². The van der Waals surface area contributed by atoms with E-state index in [1.54, 1.807) is 0 Å². The predicted octanol–water partition coefficient (Wildman–Crippen LogP) is 9.52. The first-order valence-electron chi connectivity index (χ1n) is 14.7. The van der Waals surface area contributed by atoms with Crippen LogP contribution in [0.4, 0.5) is 0 Å². The third kappa shape index (κ3) is 7.05. The van der Waals surface area contributed by atoms with Crippen LogP contribution in [-0.2, 0) is 5.41 Å². The summed E-state index contributed by atoms with van der Waals surface area (Å²) in [5, 5.41) is 19.7. The minimum atomic E-state index is -0.00686. The summed E-state index contributed by atoms with van der Waals surface area (Å²) in [4.78, 5) is 0. The summed E-state index contributed by atoms with van der Waals surface area (Å²) >= 11 is 0. The quantitative estimate of drug-likeness (QED) is 0.317. The van der Waals surface area contributed by atoms with Gasteiger partial charge in [-0.15, -0.1) is 0 Å². The second-order valence-corrected chi connectivity index (χ2v) is 11.8. The van der Waals surface area contributed by atoms with Crippen LogP contribution in [0, 0.1) is 17.8 Å². The lowest BCUT2D eigenvalue weighted by atomic mass is 9.62. The van der Waals surface area contributed by atoms with Gasteiger partial charge in [-0.3, -0.25) is 0 Å². The van der Waals surface area contributed by atoms with Crippen LogP contribution in [0.3, 0.4) is 0 Å². The summed E-state index contributed by atoms with van der Waals surface area (Å²) in [5.41, 5.74) is 2.59. The summed E-state index contributed by atoms with van der Waals surface area (Å²) in [6.07, 6.45) is 22.2. The molecule has 35 heavy (non-hydrogen) atoms. The average molecular weight is 477 g/mol. The molecule has 2 aromatic rings. The van der Waals surface area contributed by atoms with Gasteiger partial charge in [-0.2, -0.15) is 0 Å². The van der Waals surface area contributed by atoms with Crippen LogP contribution in [0.5, 0.6) is 11.5 Å². The molecule has 0 bridgehead atoms. The summed E-state index contributed by atoms with van der Waals surface area (Å²) in [7, 11) is 0. The van der Waals surface area contributed by atoms with Gasteiger partial charge in [0.1, 0.15) is 11.5 Å². The number of hydrogen-bond donors (Lipinski definition) is 2. The van der Waals surface area contributed by atoms with Gasteiger partial charge in [-0.05, 0) is 78.8 Å². The largest absolute Gasteiger partial charge is 0.508 e. The fourth-order valence-electron chi connectivity index (χ4n) is 7.08. The maximum Gasteiger partial charge on any atom is 0.115 e. The molecule has 0 heterocycles. The van der Waals surface area contributed by atoms with Gasteiger partial charge in [0.15, 0.2) is 0 Å². The van der Waals surface area contributed by atoms with E-state index in [1.807, 2.05) is 24.3 Å². The summed E-state index contributed by atoms with van der Waals surface area (Å²) < 4.78 is 0. The number of benzene rings is 2. The highest BCUT2D eigenvalue weighted by molar-refractivity contribution is 5.43. The maximum atomic E-state index is 9.84. The molecule has 2 heteroatoms. The molecule has 0 amide bonds. The lowest BCUT2D eigenvalue weighted by Crippen LogP contribution is -2.33. The minimum Gasteiger partial charge on any atom is -0.508 e. The zero-order chi connectivity index (χ0) is 24.5. The molecule has 0 radical (unpaired) electrons. The van der Waals surface area contributed by atoms with Crippen molar-refractivity contribution in [1.29, 1.82) is 0 Å². The van der Waals surface area contributed by atoms with Crippen molar-refractivity contribution < 1.29 is 10.2 Å². The first-order chi connectivity index (χ1) is 17.1. The van der Waals surface area contributed by atoms with E-state index in [0.717, 1.165) is 30.6 Å². The third-order valence-corrected chi connectivity index (χ3v) is 9.46. The van der Waals surface area contributed by atoms with E-state index >= 15 is 0 Å². The van der Waals surface area contributed by atoms with Gasteiger partial charge in [0.25, 0.3) is 0 Å². The fraction of sp³-hybridized carbons (Fsp3) is 0.636. The van der Waals surface area contributed by atoms with E-state index in [-0.39, 0.29) is 5.41 Å². The van der Waals surface area contributed by atoms with Crippen molar-refractivity contribution in [3.63, 3.8) is 0 Å². The van der Waals surface area contributed by atoms with Crippen LogP contribution in [0.1, 0.15) is 121 Å². The molecule has 192 valence electrons. The Kier molecular flexibility index (Phi) is 9.58. The van der Waals surface area contributed by atoms with Crippen molar-refractivity contribution in [2.45, 2.75) is 115 Å². The van der Waals surface area contributed by atoms with Crippen LogP contribution in [-0.4, -0.2) is 10.2 Å². The lowest BCUT2D eigenvalue weighted by Gasteiger charge is -2.42. The Morgan fingerprint density at radius 1 is 0.571 bits per heavy atom. The molecule has 2 aromatic carbocycles. The Hall–Kier alpha value is -1.96. The summed E-state index contributed by atoms with van der Waals surface area (Å²) in [6.45, 7) is 2.30. The van der Waals surface area contributed by atoms with Crippen LogP contribution < -0.4 is 0 Å². The molecule has 2 fully saturated rings. The van der Waals surface area contributed by atoms with Gasteiger partial charge >= 0.3 is 0 Å². The second-order valence-electron chi connectivity index (χ2n) is 11.8. The molecular weight excluding hydrogens is 428 g/mol. The highest BCUT2D eigenvalue weighted by Crippen LogP contribution is 2.48. The third-order valence-electron chi connectivity index (χ3n) is 9.46. The Labute approximate surface area is 214 Å². The number of rotatable bonds is 11. The van der Waals surface area contributed by atoms with E-state index in [4.69, 9.17) is 0 Å². The predicted molar refractivity (Wildman–Crippen MR) is 147 cm³/mol. The SMILES string of the molecule is CCCCCCC[C@H]1CC[C@H](CCC2CCC(c3ccc(O)cc3)(c3ccc(O)cc3)CC2)CC1. The van der Waals surface area contributed by atoms with Crippen LogP contribution >= 0.6 is 0 Å². The van der Waals surface area contributed by atoms with E-state index in [0.29, 0.717) is 11.5 Å². The minimum absolute atomic E-state index is 0.00686. The molecule has 2 aliphatic rings. The van der Waals surface area contributed by atoms with Crippen molar-refractivity contribution in [2.24, 2.45) is 17.8 Å². The number of aromatic hydroxyl groups is 2. The standard InChI is InChI=1S/C33H48O2/c1-2-3-4-5-6-7-26-8-10-27(11-9-26)12-13-28-22-24-33(25-23-28,29-14-18-31(34)19-15-29)30-16-20-32(35)21-17-30/h14-21,26-28,34-35H,2-13,22-25H2,1H3/t26-,27-. The molecule has 0 saturated heterocycles. The first-order valence-corrected chi connectivity index (χ1v) is 14.7. The highest BCUT2D eigenvalue weighted by atomic mass is 16.3. The van der Waals surface area contributed by atoms with E-state index < -0.39 is 0 Å². The normalized spacial score (nSPS) is 22.8. The molecule has 0 aliphatic heterocycles. The molecule has 2 N–H and O–H groups in total. The number of phenols is 2. The molecule has 4 rings (SSSR count). The Morgan fingerprint density at radius 2 is 1.00 bits per heavy atom. The molecule has 2 nitrogen and oxygen atoms in total. The van der Waals surface area contributed by atoms with Gasteiger partial charge in [0.05, 0.1) is 0 Å². The fourth-order valence-corrected chi connectivity index (χ4v) is 7.08. The second kappa shape index (κ2) is 12.8. The zero-order valence-corrected chi connectivity index (χ0v) is 22.1. The van der Waals surface area contributed by atoms with E-state index in [9.17, 15) is 10.2 Å². The lowest BCUT2D eigenvalue weighted by molar-refractivity contribution is 0.208. The van der Waals surface area contributed by atoms with Crippen LogP contribution in [0.25, 0.3) is 0 Å². The van der Waals surface area contributed by atoms with Gasteiger partial charge in [-0.25, -0.2) is 0 Å². The van der Waals surface area contributed by atoms with Crippen molar-refractivity contribution in [1.82, 2.24) is 0 Å². The number of hydrogen-bond acceptors (Lipinski definition) is 2. The Morgan fingerprint density at radius 3 is 1.49 bits per heavy atom. The van der Waals surface area contributed by atoms with Gasteiger partial charge in [0.2, 0.25) is 0 Å². The zero-order valence-electron chi connectivity index (χ0n) is 22.1. The molecule has 2 aliphatic carbocycles. The molecule has 0 unspecified atom stereocenters. The average Bonchev–Trinajstić information content (AvgIpc) is 2.89. The topological polar surface area (TPSA) is 40.5 Å². The van der Waals surface area contributed by atoms with Crippen LogP contribution in [0.15, 0.2) is 48.5 Å². The van der Waals surface area contributed by atoms with E-state index in [1.165, 1.54) is 101 Å². The van der Waals surface area contributed by atoms with Gasteiger partial charge in [0, 0.05) is 5.41 Å². The molecule has 0 atom stereocenters. The Balaban J connectivity index is 1.25. The van der Waals surface area contributed by atoms with E-state index in [2.05, 4.69) is 31.2 Å². The van der Waals surface area contributed by atoms with Crippen LogP contribution in [0.2, 0.25) is 0 Å².